The van der Waals surface area contributed by atoms with Crippen LogP contribution in [0.3, 0.4) is 0 Å². The first-order valence-electron chi connectivity index (χ1n) is 12.2. The standard InChI is InChI=1S/C27H27N7O/c35-27(30-20-7-3-1-4-8-20)32-23-15-19(11-12-29-23)25-31-22-17-28-16-21(18-9-10-18)24(22)26(33-25)34-13-5-2-6-14-34/h1,3-4,7-8,11-12,15-18H,2,5-6,9-10,13-14H2,(H2,29,30,32,35). The van der Waals surface area contributed by atoms with Crippen molar-refractivity contribution in [1.29, 1.82) is 0 Å². The van der Waals surface area contributed by atoms with Crippen LogP contribution in [0.5, 0.6) is 0 Å². The molecule has 8 nitrogen and oxygen atoms in total. The lowest BCUT2D eigenvalue weighted by molar-refractivity contribution is 0.262. The van der Waals surface area contributed by atoms with Gasteiger partial charge in [0.25, 0.3) is 0 Å². The van der Waals surface area contributed by atoms with Crippen molar-refractivity contribution < 1.29 is 4.79 Å². The number of amides is 2. The van der Waals surface area contributed by atoms with E-state index in [0.29, 0.717) is 23.2 Å². The van der Waals surface area contributed by atoms with E-state index >= 15 is 0 Å². The van der Waals surface area contributed by atoms with Crippen LogP contribution in [0, 0.1) is 0 Å². The first-order valence-corrected chi connectivity index (χ1v) is 12.2. The highest BCUT2D eigenvalue weighted by Gasteiger charge is 2.29. The number of hydrogen-bond donors (Lipinski definition) is 2. The molecule has 3 aromatic heterocycles. The zero-order chi connectivity index (χ0) is 23.6. The molecule has 1 saturated heterocycles. The number of benzene rings is 1. The average Bonchev–Trinajstić information content (AvgIpc) is 3.74. The molecule has 0 spiro atoms. The number of anilines is 3. The third-order valence-corrected chi connectivity index (χ3v) is 6.58. The number of aromatic nitrogens is 4. The number of urea groups is 1. The van der Waals surface area contributed by atoms with Gasteiger partial charge in [0.15, 0.2) is 5.82 Å². The number of piperidine rings is 1. The number of fused-ring (bicyclic) bond motifs is 1. The Balaban J connectivity index is 1.35. The van der Waals surface area contributed by atoms with Gasteiger partial charge in [-0.1, -0.05) is 18.2 Å². The van der Waals surface area contributed by atoms with E-state index in [1.165, 1.54) is 37.7 Å². The Morgan fingerprint density at radius 1 is 0.943 bits per heavy atom. The molecule has 0 unspecified atom stereocenters. The molecule has 8 heteroatoms. The molecule has 2 amide bonds. The first kappa shape index (κ1) is 21.5. The van der Waals surface area contributed by atoms with Crippen LogP contribution in [-0.2, 0) is 0 Å². The zero-order valence-electron chi connectivity index (χ0n) is 19.4. The molecule has 0 radical (unpaired) electrons. The van der Waals surface area contributed by atoms with Crippen molar-refractivity contribution in [1.82, 2.24) is 19.9 Å². The van der Waals surface area contributed by atoms with E-state index in [-0.39, 0.29) is 6.03 Å². The molecule has 1 saturated carbocycles. The summed E-state index contributed by atoms with van der Waals surface area (Å²) in [6.07, 6.45) is 11.5. The Labute approximate surface area is 203 Å². The van der Waals surface area contributed by atoms with E-state index in [0.717, 1.165) is 35.4 Å². The minimum Gasteiger partial charge on any atom is -0.356 e. The third-order valence-electron chi connectivity index (χ3n) is 6.58. The Kier molecular flexibility index (Phi) is 5.70. The fraction of sp³-hybridized carbons (Fsp3) is 0.296. The van der Waals surface area contributed by atoms with Crippen molar-refractivity contribution in [2.24, 2.45) is 0 Å². The molecule has 35 heavy (non-hydrogen) atoms. The predicted molar refractivity (Wildman–Crippen MR) is 138 cm³/mol. The second-order valence-corrected chi connectivity index (χ2v) is 9.19. The number of carbonyl (C=O) groups excluding carboxylic acids is 1. The number of nitrogens with zero attached hydrogens (tertiary/aromatic N) is 5. The largest absolute Gasteiger partial charge is 0.356 e. The molecular weight excluding hydrogens is 438 g/mol. The van der Waals surface area contributed by atoms with Gasteiger partial charge in [-0.05, 0) is 67.9 Å². The van der Waals surface area contributed by atoms with Gasteiger partial charge in [-0.3, -0.25) is 10.3 Å². The summed E-state index contributed by atoms with van der Waals surface area (Å²) in [6, 6.07) is 12.6. The minimum absolute atomic E-state index is 0.354. The van der Waals surface area contributed by atoms with Gasteiger partial charge < -0.3 is 10.2 Å². The topological polar surface area (TPSA) is 95.9 Å². The molecule has 1 aliphatic heterocycles. The number of para-hydroxylation sites is 1. The Morgan fingerprint density at radius 3 is 2.57 bits per heavy atom. The average molecular weight is 466 g/mol. The Morgan fingerprint density at radius 2 is 1.77 bits per heavy atom. The van der Waals surface area contributed by atoms with Gasteiger partial charge in [-0.15, -0.1) is 0 Å². The van der Waals surface area contributed by atoms with E-state index in [1.54, 1.807) is 6.20 Å². The van der Waals surface area contributed by atoms with Crippen molar-refractivity contribution in [2.45, 2.75) is 38.0 Å². The summed E-state index contributed by atoms with van der Waals surface area (Å²) in [6.45, 7) is 2.00. The van der Waals surface area contributed by atoms with Crippen molar-refractivity contribution in [3.63, 3.8) is 0 Å². The monoisotopic (exact) mass is 465 g/mol. The molecule has 0 bridgehead atoms. The molecule has 4 aromatic rings. The number of pyridine rings is 2. The summed E-state index contributed by atoms with van der Waals surface area (Å²) < 4.78 is 0. The van der Waals surface area contributed by atoms with E-state index < -0.39 is 0 Å². The molecule has 2 fully saturated rings. The van der Waals surface area contributed by atoms with Crippen molar-refractivity contribution in [3.8, 4) is 11.4 Å². The fourth-order valence-electron chi connectivity index (χ4n) is 4.69. The van der Waals surface area contributed by atoms with Crippen molar-refractivity contribution in [3.05, 3.63) is 66.6 Å². The second-order valence-electron chi connectivity index (χ2n) is 9.19. The molecule has 2 aliphatic rings. The van der Waals surface area contributed by atoms with Gasteiger partial charge >= 0.3 is 6.03 Å². The summed E-state index contributed by atoms with van der Waals surface area (Å²) in [7, 11) is 0. The molecular formula is C27H27N7O. The number of carbonyl (C=O) groups is 1. The molecule has 176 valence electrons. The smallest absolute Gasteiger partial charge is 0.324 e. The second kappa shape index (κ2) is 9.29. The van der Waals surface area contributed by atoms with Gasteiger partial charge in [0.2, 0.25) is 0 Å². The van der Waals surface area contributed by atoms with Crippen molar-refractivity contribution in [2.75, 3.05) is 28.6 Å². The summed E-state index contributed by atoms with van der Waals surface area (Å²) in [5.74, 6) is 2.61. The van der Waals surface area contributed by atoms with Crippen LogP contribution >= 0.6 is 0 Å². The third kappa shape index (κ3) is 4.64. The van der Waals surface area contributed by atoms with Crippen LogP contribution < -0.4 is 15.5 Å². The molecule has 4 heterocycles. The molecule has 6 rings (SSSR count). The van der Waals surface area contributed by atoms with Crippen molar-refractivity contribution >= 4 is 34.3 Å². The summed E-state index contributed by atoms with van der Waals surface area (Å²) >= 11 is 0. The molecule has 2 N–H and O–H groups in total. The Hall–Kier alpha value is -4.07. The van der Waals surface area contributed by atoms with Gasteiger partial charge in [-0.25, -0.2) is 19.7 Å². The molecule has 0 atom stereocenters. The van der Waals surface area contributed by atoms with E-state index in [2.05, 4.69) is 25.5 Å². The van der Waals surface area contributed by atoms with E-state index in [1.807, 2.05) is 54.9 Å². The van der Waals surface area contributed by atoms with Crippen LogP contribution in [0.2, 0.25) is 0 Å². The van der Waals surface area contributed by atoms with Crippen LogP contribution in [0.1, 0.15) is 43.6 Å². The van der Waals surface area contributed by atoms with Crippen LogP contribution in [0.4, 0.5) is 22.1 Å². The quantitative estimate of drug-likeness (QED) is 0.398. The summed E-state index contributed by atoms with van der Waals surface area (Å²) in [4.78, 5) is 33.7. The fourth-order valence-corrected chi connectivity index (χ4v) is 4.69. The highest BCUT2D eigenvalue weighted by Crippen LogP contribution is 2.45. The predicted octanol–water partition coefficient (Wildman–Crippen LogP) is 5.60. The van der Waals surface area contributed by atoms with Crippen LogP contribution in [0.25, 0.3) is 22.3 Å². The molecule has 1 aliphatic carbocycles. The van der Waals surface area contributed by atoms with Gasteiger partial charge in [0, 0.05) is 42.1 Å². The maximum atomic E-state index is 12.5. The zero-order valence-corrected chi connectivity index (χ0v) is 19.4. The lowest BCUT2D eigenvalue weighted by atomic mass is 10.1. The number of nitrogens with one attached hydrogen (secondary N) is 2. The lowest BCUT2D eigenvalue weighted by Gasteiger charge is -2.29. The maximum absolute atomic E-state index is 12.5. The van der Waals surface area contributed by atoms with E-state index in [9.17, 15) is 4.79 Å². The lowest BCUT2D eigenvalue weighted by Crippen LogP contribution is -2.30. The normalized spacial score (nSPS) is 15.7. The Bertz CT molecular complexity index is 1360. The van der Waals surface area contributed by atoms with Crippen LogP contribution in [0.15, 0.2) is 61.1 Å². The first-order chi connectivity index (χ1) is 17.2. The van der Waals surface area contributed by atoms with Gasteiger partial charge in [-0.2, -0.15) is 0 Å². The highest BCUT2D eigenvalue weighted by molar-refractivity contribution is 5.99. The maximum Gasteiger partial charge on any atom is 0.324 e. The summed E-state index contributed by atoms with van der Waals surface area (Å²) in [5, 5.41) is 6.76. The van der Waals surface area contributed by atoms with Crippen LogP contribution in [-0.4, -0.2) is 39.1 Å². The number of rotatable bonds is 5. The molecule has 1 aromatic carbocycles. The SMILES string of the molecule is O=C(Nc1ccccc1)Nc1cc(-c2nc(N3CCCCC3)c3c(C4CC4)cncc3n2)ccn1. The van der Waals surface area contributed by atoms with Gasteiger partial charge in [0.05, 0.1) is 11.7 Å². The number of hydrogen-bond acceptors (Lipinski definition) is 6. The van der Waals surface area contributed by atoms with Gasteiger partial charge in [0.1, 0.15) is 11.6 Å². The highest BCUT2D eigenvalue weighted by atomic mass is 16.2. The minimum atomic E-state index is -0.354. The van der Waals surface area contributed by atoms with E-state index in [4.69, 9.17) is 9.97 Å². The summed E-state index contributed by atoms with van der Waals surface area (Å²) in [5.41, 5.74) is 3.65.